The summed E-state index contributed by atoms with van der Waals surface area (Å²) in [6.07, 6.45) is -0.116. The first-order valence-electron chi connectivity index (χ1n) is 6.56. The molecule has 23 heavy (non-hydrogen) atoms. The fourth-order valence-electron chi connectivity index (χ4n) is 2.23. The maximum Gasteiger partial charge on any atom is 1.00 e. The Hall–Kier alpha value is -1.17. The van der Waals surface area contributed by atoms with Crippen LogP contribution in [0.1, 0.15) is 0 Å². The molecule has 0 radical (unpaired) electrons. The summed E-state index contributed by atoms with van der Waals surface area (Å²) in [4.78, 5) is 1.69. The number of fused-ring (bicyclic) bond motifs is 1. The molecule has 1 aliphatic rings. The number of hydrogen-bond acceptors (Lipinski definition) is 7. The maximum atomic E-state index is 10.9. The van der Waals surface area contributed by atoms with Gasteiger partial charge in [-0.25, -0.2) is 8.42 Å². The predicted molar refractivity (Wildman–Crippen MR) is 81.9 cm³/mol. The molecule has 6 nitrogen and oxygen atoms in total. The fraction of sp³-hybridized carbons (Fsp3) is 0.286. The molecule has 0 aliphatic carbocycles. The number of likely N-dealkylation sites (N-methyl/N-ethyl adjacent to an activating group) is 1. The van der Waals surface area contributed by atoms with Gasteiger partial charge in [0.25, 0.3) is 0 Å². The second-order valence-electron chi connectivity index (χ2n) is 4.98. The Balaban J connectivity index is 0.00000192. The van der Waals surface area contributed by atoms with Gasteiger partial charge in [0, 0.05) is 23.5 Å². The molecule has 0 bridgehead atoms. The third-order valence-electron chi connectivity index (χ3n) is 3.36. The van der Waals surface area contributed by atoms with Gasteiger partial charge in [0.1, 0.15) is 16.7 Å². The average Bonchev–Trinajstić information content (AvgIpc) is 2.94. The minimum absolute atomic E-state index is 0. The smallest absolute Gasteiger partial charge is 0.744 e. The predicted octanol–water partition coefficient (Wildman–Crippen LogP) is -1.07. The number of nitrogens with zero attached hydrogens (tertiary/aromatic N) is 1. The second-order valence-corrected chi connectivity index (χ2v) is 7.10. The van der Waals surface area contributed by atoms with Gasteiger partial charge in [0.05, 0.1) is 11.4 Å². The molecule has 3 rings (SSSR count). The largest absolute Gasteiger partial charge is 1.00 e. The summed E-state index contributed by atoms with van der Waals surface area (Å²) in [5, 5.41) is 3.80. The van der Waals surface area contributed by atoms with Crippen molar-refractivity contribution in [3.63, 3.8) is 0 Å². The first-order valence-corrected chi connectivity index (χ1v) is 8.91. The zero-order valence-electron chi connectivity index (χ0n) is 12.8. The summed E-state index contributed by atoms with van der Waals surface area (Å²) >= 11 is 1.53. The first-order chi connectivity index (χ1) is 10.4. The molecule has 0 amide bonds. The average molecular weight is 347 g/mol. The summed E-state index contributed by atoms with van der Waals surface area (Å²) in [5.41, 5.74) is 0.798. The molecular formula is C14H14LiNO5S2. The minimum Gasteiger partial charge on any atom is -0.744 e. The summed E-state index contributed by atoms with van der Waals surface area (Å²) in [5.74, 6) is 1.52. The van der Waals surface area contributed by atoms with Crippen LogP contribution in [0.4, 0.5) is 5.69 Å². The van der Waals surface area contributed by atoms with E-state index in [9.17, 15) is 13.0 Å². The topological polar surface area (TPSA) is 78.9 Å². The Bertz CT molecular complexity index is 760. The van der Waals surface area contributed by atoms with Crippen LogP contribution in [-0.2, 0) is 10.1 Å². The third kappa shape index (κ3) is 4.22. The number of anilines is 1. The van der Waals surface area contributed by atoms with Crippen LogP contribution in [0.3, 0.4) is 0 Å². The van der Waals surface area contributed by atoms with E-state index in [1.165, 1.54) is 23.5 Å². The van der Waals surface area contributed by atoms with Crippen LogP contribution in [0, 0.1) is 0 Å². The molecular weight excluding hydrogens is 333 g/mol. The van der Waals surface area contributed by atoms with Crippen molar-refractivity contribution in [2.45, 2.75) is 11.0 Å². The second kappa shape index (κ2) is 7.16. The van der Waals surface area contributed by atoms with Crippen molar-refractivity contribution in [3.8, 4) is 11.5 Å². The molecule has 1 aromatic carbocycles. The molecule has 1 atom stereocenters. The summed E-state index contributed by atoms with van der Waals surface area (Å²) in [6, 6.07) is 5.82. The van der Waals surface area contributed by atoms with Gasteiger partial charge in [-0.05, 0) is 24.3 Å². The fourth-order valence-corrected chi connectivity index (χ4v) is 3.37. The molecule has 118 valence electrons. The van der Waals surface area contributed by atoms with E-state index in [1.807, 2.05) is 22.7 Å². The van der Waals surface area contributed by atoms with Crippen LogP contribution in [0.5, 0.6) is 11.5 Å². The van der Waals surface area contributed by atoms with E-state index in [-0.39, 0.29) is 29.9 Å². The van der Waals surface area contributed by atoms with Crippen LogP contribution < -0.4 is 33.2 Å². The van der Waals surface area contributed by atoms with Crippen molar-refractivity contribution in [3.05, 3.63) is 35.0 Å². The molecule has 2 aromatic rings. The molecule has 0 spiro atoms. The Labute approximate surface area is 150 Å². The molecule has 0 saturated carbocycles. The summed E-state index contributed by atoms with van der Waals surface area (Å²) in [6.45, 7) is 1.04. The van der Waals surface area contributed by atoms with Crippen molar-refractivity contribution in [1.29, 1.82) is 0 Å². The summed E-state index contributed by atoms with van der Waals surface area (Å²) < 4.78 is 44.2. The SMILES string of the molecule is CN(CC1COc2cscc2O1)c1ccc(S(=O)(=O)[O-])cc1.[Li+]. The van der Waals surface area contributed by atoms with Crippen LogP contribution in [0.15, 0.2) is 39.9 Å². The van der Waals surface area contributed by atoms with Gasteiger partial charge in [0.15, 0.2) is 17.6 Å². The van der Waals surface area contributed by atoms with Crippen LogP contribution >= 0.6 is 11.3 Å². The Kier molecular flexibility index (Phi) is 5.65. The molecule has 1 unspecified atom stereocenters. The number of rotatable bonds is 4. The standard InChI is InChI=1S/C14H15NO5S2.Li/c1-15(10-2-4-12(5-3-10)22(16,17)18)6-11-7-19-13-8-21-9-14(13)20-11;/h2-5,8-9,11H,6-7H2,1H3,(H,16,17,18);/q;+1/p-1. The molecule has 0 saturated heterocycles. The number of thiophene rings is 1. The number of ether oxygens (including phenoxy) is 2. The van der Waals surface area contributed by atoms with E-state index in [0.29, 0.717) is 13.2 Å². The van der Waals surface area contributed by atoms with Gasteiger partial charge in [0.2, 0.25) is 0 Å². The van der Waals surface area contributed by atoms with E-state index >= 15 is 0 Å². The normalized spacial score (nSPS) is 16.5. The third-order valence-corrected chi connectivity index (χ3v) is 4.90. The van der Waals surface area contributed by atoms with Crippen LogP contribution in [0.25, 0.3) is 0 Å². The van der Waals surface area contributed by atoms with Gasteiger partial charge >= 0.3 is 18.9 Å². The quantitative estimate of drug-likeness (QED) is 0.518. The van der Waals surface area contributed by atoms with Gasteiger partial charge in [-0.15, -0.1) is 11.3 Å². The molecule has 9 heteroatoms. The van der Waals surface area contributed by atoms with Crippen LogP contribution in [-0.4, -0.2) is 39.3 Å². The van der Waals surface area contributed by atoms with E-state index < -0.39 is 10.1 Å². The molecule has 0 N–H and O–H groups in total. The van der Waals surface area contributed by atoms with Crippen molar-refractivity contribution in [1.82, 2.24) is 0 Å². The molecule has 1 aromatic heterocycles. The van der Waals surface area contributed by atoms with Crippen molar-refractivity contribution >= 4 is 27.1 Å². The van der Waals surface area contributed by atoms with E-state index in [1.54, 1.807) is 12.1 Å². The zero-order chi connectivity index (χ0) is 15.7. The van der Waals surface area contributed by atoms with E-state index in [0.717, 1.165) is 17.2 Å². The van der Waals surface area contributed by atoms with Crippen LogP contribution in [0.2, 0.25) is 0 Å². The van der Waals surface area contributed by atoms with Crippen molar-refractivity contribution in [2.75, 3.05) is 25.1 Å². The number of benzene rings is 1. The van der Waals surface area contributed by atoms with E-state index in [4.69, 9.17) is 9.47 Å². The monoisotopic (exact) mass is 347 g/mol. The zero-order valence-corrected chi connectivity index (χ0v) is 14.4. The number of hydrogen-bond donors (Lipinski definition) is 0. The van der Waals surface area contributed by atoms with Crippen molar-refractivity contribution in [2.24, 2.45) is 0 Å². The Morgan fingerprint density at radius 3 is 2.57 bits per heavy atom. The summed E-state index contributed by atoms with van der Waals surface area (Å²) in [7, 11) is -2.54. The van der Waals surface area contributed by atoms with Gasteiger partial charge in [-0.3, -0.25) is 0 Å². The Morgan fingerprint density at radius 2 is 1.91 bits per heavy atom. The minimum atomic E-state index is -4.41. The van der Waals surface area contributed by atoms with Gasteiger partial charge < -0.3 is 18.9 Å². The molecule has 1 aliphatic heterocycles. The maximum absolute atomic E-state index is 10.9. The van der Waals surface area contributed by atoms with Crippen molar-refractivity contribution < 1.29 is 41.3 Å². The molecule has 0 fully saturated rings. The Morgan fingerprint density at radius 1 is 1.26 bits per heavy atom. The van der Waals surface area contributed by atoms with Gasteiger partial charge in [-0.2, -0.15) is 0 Å². The van der Waals surface area contributed by atoms with E-state index in [2.05, 4.69) is 0 Å². The molecule has 2 heterocycles. The first kappa shape index (κ1) is 18.2. The van der Waals surface area contributed by atoms with Gasteiger partial charge in [-0.1, -0.05) is 0 Å².